The maximum absolute atomic E-state index is 12.1. The summed E-state index contributed by atoms with van der Waals surface area (Å²) >= 11 is 0. The quantitative estimate of drug-likeness (QED) is 0.582. The van der Waals surface area contributed by atoms with Gasteiger partial charge in [-0.05, 0) is 20.8 Å². The lowest BCUT2D eigenvalue weighted by Crippen LogP contribution is -2.39. The zero-order valence-electron chi connectivity index (χ0n) is 12.9. The van der Waals surface area contributed by atoms with E-state index < -0.39 is 11.9 Å². The molecule has 0 spiro atoms. The Morgan fingerprint density at radius 1 is 1.20 bits per heavy atom. The number of hydrogen-bond donors (Lipinski definition) is 1. The van der Waals surface area contributed by atoms with Crippen LogP contribution in [0.15, 0.2) is 0 Å². The van der Waals surface area contributed by atoms with Gasteiger partial charge in [-0.2, -0.15) is 0 Å². The molecule has 0 radical (unpaired) electrons. The van der Waals surface area contributed by atoms with Crippen molar-refractivity contribution >= 4 is 11.9 Å². The van der Waals surface area contributed by atoms with Crippen LogP contribution in [-0.4, -0.2) is 60.9 Å². The molecule has 1 N–H and O–H groups in total. The molecule has 0 saturated heterocycles. The fourth-order valence-electron chi connectivity index (χ4n) is 1.59. The average Bonchev–Trinajstić information content (AvgIpc) is 2.36. The second-order valence-electron chi connectivity index (χ2n) is 4.95. The van der Waals surface area contributed by atoms with E-state index in [9.17, 15) is 9.59 Å². The summed E-state index contributed by atoms with van der Waals surface area (Å²) in [6.07, 6.45) is 0.342. The van der Waals surface area contributed by atoms with Gasteiger partial charge >= 0.3 is 5.97 Å². The molecule has 6 heteroatoms. The Balaban J connectivity index is 4.33. The number of carbonyl (C=O) groups is 2. The van der Waals surface area contributed by atoms with E-state index in [4.69, 9.17) is 14.6 Å². The predicted molar refractivity (Wildman–Crippen MR) is 75.6 cm³/mol. The number of rotatable bonds is 11. The number of carboxylic acids is 1. The first-order valence-corrected chi connectivity index (χ1v) is 7.08. The molecule has 0 rings (SSSR count). The molecule has 0 aromatic heterocycles. The molecule has 0 aromatic carbocycles. The molecule has 0 fully saturated rings. The van der Waals surface area contributed by atoms with Gasteiger partial charge in [0.2, 0.25) is 5.91 Å². The lowest BCUT2D eigenvalue weighted by atomic mass is 10.1. The van der Waals surface area contributed by atoms with Crippen molar-refractivity contribution in [1.29, 1.82) is 0 Å². The van der Waals surface area contributed by atoms with Crippen LogP contribution in [0.5, 0.6) is 0 Å². The Kier molecular flexibility index (Phi) is 10.0. The Labute approximate surface area is 121 Å². The molecule has 0 aromatic rings. The van der Waals surface area contributed by atoms with Crippen LogP contribution in [0.25, 0.3) is 0 Å². The van der Waals surface area contributed by atoms with Crippen molar-refractivity contribution < 1.29 is 24.2 Å². The second-order valence-corrected chi connectivity index (χ2v) is 4.95. The summed E-state index contributed by atoms with van der Waals surface area (Å²) in [5, 5.41) is 8.94. The minimum Gasteiger partial charge on any atom is -0.481 e. The highest BCUT2D eigenvalue weighted by atomic mass is 16.5. The van der Waals surface area contributed by atoms with Gasteiger partial charge in [0.1, 0.15) is 0 Å². The number of amides is 1. The van der Waals surface area contributed by atoms with Crippen molar-refractivity contribution in [1.82, 2.24) is 4.90 Å². The third kappa shape index (κ3) is 8.87. The minimum atomic E-state index is -0.905. The number of hydrogen-bond acceptors (Lipinski definition) is 4. The first-order valence-electron chi connectivity index (χ1n) is 7.08. The summed E-state index contributed by atoms with van der Waals surface area (Å²) in [7, 11) is 0. The summed E-state index contributed by atoms with van der Waals surface area (Å²) in [6, 6.07) is 0. The molecule has 0 aliphatic rings. The topological polar surface area (TPSA) is 76.1 Å². The SMILES string of the molecule is CCOCCN(C[C@H](C)C(=O)O)C(=O)CCOC(C)C. The van der Waals surface area contributed by atoms with Gasteiger partial charge in [-0.1, -0.05) is 6.92 Å². The van der Waals surface area contributed by atoms with Crippen molar-refractivity contribution in [3.8, 4) is 0 Å². The molecular formula is C14H27NO5. The van der Waals surface area contributed by atoms with Gasteiger partial charge in [0.15, 0.2) is 0 Å². The van der Waals surface area contributed by atoms with Crippen molar-refractivity contribution in [2.75, 3.05) is 32.9 Å². The fourth-order valence-corrected chi connectivity index (χ4v) is 1.59. The van der Waals surface area contributed by atoms with Crippen molar-refractivity contribution in [2.45, 2.75) is 40.2 Å². The highest BCUT2D eigenvalue weighted by Crippen LogP contribution is 2.04. The van der Waals surface area contributed by atoms with E-state index in [-0.39, 0.29) is 25.0 Å². The Bertz CT molecular complexity index is 293. The van der Waals surface area contributed by atoms with Gasteiger partial charge in [-0.3, -0.25) is 9.59 Å². The molecule has 0 unspecified atom stereocenters. The number of carboxylic acid groups (broad SMARTS) is 1. The van der Waals surface area contributed by atoms with E-state index in [0.717, 1.165) is 0 Å². The summed E-state index contributed by atoms with van der Waals surface area (Å²) in [6.45, 7) is 9.23. The van der Waals surface area contributed by atoms with Crippen LogP contribution in [0.3, 0.4) is 0 Å². The molecule has 1 atom stereocenters. The molecule has 20 heavy (non-hydrogen) atoms. The molecule has 1 amide bonds. The first-order chi connectivity index (χ1) is 9.38. The van der Waals surface area contributed by atoms with E-state index in [1.165, 1.54) is 4.90 Å². The van der Waals surface area contributed by atoms with E-state index in [0.29, 0.717) is 26.4 Å². The Hall–Kier alpha value is -1.14. The van der Waals surface area contributed by atoms with Crippen LogP contribution in [0.2, 0.25) is 0 Å². The van der Waals surface area contributed by atoms with E-state index in [2.05, 4.69) is 0 Å². The third-order valence-corrected chi connectivity index (χ3v) is 2.75. The third-order valence-electron chi connectivity index (χ3n) is 2.75. The van der Waals surface area contributed by atoms with Gasteiger partial charge in [0.25, 0.3) is 0 Å². The van der Waals surface area contributed by atoms with Crippen LogP contribution in [0.4, 0.5) is 0 Å². The molecule has 118 valence electrons. The van der Waals surface area contributed by atoms with Crippen molar-refractivity contribution in [3.05, 3.63) is 0 Å². The molecular weight excluding hydrogens is 262 g/mol. The summed E-state index contributed by atoms with van der Waals surface area (Å²) in [5.74, 6) is -1.59. The summed E-state index contributed by atoms with van der Waals surface area (Å²) < 4.78 is 10.6. The largest absolute Gasteiger partial charge is 0.481 e. The minimum absolute atomic E-state index is 0.0811. The first kappa shape index (κ1) is 18.9. The van der Waals surface area contributed by atoms with Crippen LogP contribution >= 0.6 is 0 Å². The van der Waals surface area contributed by atoms with Gasteiger partial charge < -0.3 is 19.5 Å². The zero-order valence-corrected chi connectivity index (χ0v) is 12.9. The van der Waals surface area contributed by atoms with Crippen LogP contribution in [0.1, 0.15) is 34.1 Å². The number of aliphatic carboxylic acids is 1. The lowest BCUT2D eigenvalue weighted by molar-refractivity contribution is -0.143. The summed E-state index contributed by atoms with van der Waals surface area (Å²) in [5.41, 5.74) is 0. The van der Waals surface area contributed by atoms with Gasteiger partial charge in [-0.15, -0.1) is 0 Å². The molecule has 0 bridgehead atoms. The van der Waals surface area contributed by atoms with Gasteiger partial charge in [0, 0.05) is 19.7 Å². The summed E-state index contributed by atoms with van der Waals surface area (Å²) in [4.78, 5) is 24.5. The number of carbonyl (C=O) groups excluding carboxylic acids is 1. The molecule has 0 heterocycles. The second kappa shape index (κ2) is 10.6. The monoisotopic (exact) mass is 289 g/mol. The van der Waals surface area contributed by atoms with Crippen LogP contribution < -0.4 is 0 Å². The smallest absolute Gasteiger partial charge is 0.308 e. The highest BCUT2D eigenvalue weighted by molar-refractivity contribution is 5.77. The normalized spacial score (nSPS) is 12.4. The predicted octanol–water partition coefficient (Wildman–Crippen LogP) is 1.39. The van der Waals surface area contributed by atoms with E-state index in [1.54, 1.807) is 6.92 Å². The van der Waals surface area contributed by atoms with Gasteiger partial charge in [-0.25, -0.2) is 0 Å². The molecule has 0 saturated carbocycles. The highest BCUT2D eigenvalue weighted by Gasteiger charge is 2.20. The van der Waals surface area contributed by atoms with E-state index >= 15 is 0 Å². The zero-order chi connectivity index (χ0) is 15.5. The average molecular weight is 289 g/mol. The van der Waals surface area contributed by atoms with Crippen molar-refractivity contribution in [3.63, 3.8) is 0 Å². The molecule has 0 aliphatic carbocycles. The maximum atomic E-state index is 12.1. The fraction of sp³-hybridized carbons (Fsp3) is 0.857. The maximum Gasteiger partial charge on any atom is 0.308 e. The molecule has 0 aliphatic heterocycles. The van der Waals surface area contributed by atoms with E-state index in [1.807, 2.05) is 20.8 Å². The number of ether oxygens (including phenoxy) is 2. The Morgan fingerprint density at radius 2 is 1.85 bits per heavy atom. The standard InChI is InChI=1S/C14H27NO5/c1-5-19-9-7-15(10-12(4)14(17)18)13(16)6-8-20-11(2)3/h11-12H,5-10H2,1-4H3,(H,17,18)/t12-/m0/s1. The Morgan fingerprint density at radius 3 is 2.35 bits per heavy atom. The number of nitrogens with zero attached hydrogens (tertiary/aromatic N) is 1. The lowest BCUT2D eigenvalue weighted by Gasteiger charge is -2.24. The van der Waals surface area contributed by atoms with Crippen LogP contribution in [-0.2, 0) is 19.1 Å². The van der Waals surface area contributed by atoms with Gasteiger partial charge in [0.05, 0.1) is 31.7 Å². The van der Waals surface area contributed by atoms with Crippen LogP contribution in [0, 0.1) is 5.92 Å². The molecule has 6 nitrogen and oxygen atoms in total. The van der Waals surface area contributed by atoms with Crippen molar-refractivity contribution in [2.24, 2.45) is 5.92 Å².